The molecule has 0 saturated carbocycles. The minimum absolute atomic E-state index is 0.101. The van der Waals surface area contributed by atoms with E-state index in [0.29, 0.717) is 29.9 Å². The summed E-state index contributed by atoms with van der Waals surface area (Å²) >= 11 is 0. The van der Waals surface area contributed by atoms with E-state index in [-0.39, 0.29) is 29.7 Å². The summed E-state index contributed by atoms with van der Waals surface area (Å²) in [4.78, 5) is 50.0. The molecule has 1 atom stereocenters. The number of aromatic nitrogens is 2. The van der Waals surface area contributed by atoms with Gasteiger partial charge in [0.2, 0.25) is 11.8 Å². The number of benzene rings is 1. The maximum absolute atomic E-state index is 13.1. The molecule has 1 aromatic carbocycles. The molecule has 0 unspecified atom stereocenters. The van der Waals surface area contributed by atoms with Gasteiger partial charge in [0, 0.05) is 44.4 Å². The lowest BCUT2D eigenvalue weighted by molar-refractivity contribution is -0.132. The SMILES string of the molecule is CNC(=O)C[C@H]1C(=O)NCCN1C(=O)c1cccc(-c2ccc(=O)n(C)n2)c1. The molecular weight excluding hydrogens is 362 g/mol. The summed E-state index contributed by atoms with van der Waals surface area (Å²) in [6.07, 6.45) is -0.101. The third kappa shape index (κ3) is 3.93. The molecule has 1 fully saturated rings. The Kier molecular flexibility index (Phi) is 5.53. The zero-order chi connectivity index (χ0) is 20.3. The van der Waals surface area contributed by atoms with Crippen molar-refractivity contribution in [2.24, 2.45) is 7.05 Å². The molecule has 0 aliphatic carbocycles. The Morgan fingerprint density at radius 3 is 2.75 bits per heavy atom. The summed E-state index contributed by atoms with van der Waals surface area (Å²) in [7, 11) is 3.04. The van der Waals surface area contributed by atoms with Gasteiger partial charge in [0.15, 0.2) is 0 Å². The molecule has 2 N–H and O–H groups in total. The summed E-state index contributed by atoms with van der Waals surface area (Å²) in [5.41, 5.74) is 1.37. The van der Waals surface area contributed by atoms with Gasteiger partial charge in [-0.25, -0.2) is 4.68 Å². The van der Waals surface area contributed by atoms with E-state index in [1.807, 2.05) is 0 Å². The van der Waals surface area contributed by atoms with Crippen LogP contribution in [-0.4, -0.2) is 58.6 Å². The van der Waals surface area contributed by atoms with Crippen LogP contribution < -0.4 is 16.2 Å². The summed E-state index contributed by atoms with van der Waals surface area (Å²) in [6.45, 7) is 0.644. The molecular formula is C19H21N5O4. The van der Waals surface area contributed by atoms with Crippen LogP contribution in [0.3, 0.4) is 0 Å². The Hall–Kier alpha value is -3.49. The van der Waals surface area contributed by atoms with Crippen LogP contribution in [0.5, 0.6) is 0 Å². The van der Waals surface area contributed by atoms with E-state index >= 15 is 0 Å². The van der Waals surface area contributed by atoms with Crippen molar-refractivity contribution in [3.63, 3.8) is 0 Å². The van der Waals surface area contributed by atoms with Gasteiger partial charge in [-0.15, -0.1) is 0 Å². The predicted octanol–water partition coefficient (Wildman–Crippen LogP) is -0.476. The van der Waals surface area contributed by atoms with E-state index in [1.165, 1.54) is 22.7 Å². The van der Waals surface area contributed by atoms with Crippen LogP contribution in [-0.2, 0) is 16.6 Å². The Morgan fingerprint density at radius 2 is 2.04 bits per heavy atom. The lowest BCUT2D eigenvalue weighted by atomic mass is 10.0. The van der Waals surface area contributed by atoms with Crippen LogP contribution in [0, 0.1) is 0 Å². The second kappa shape index (κ2) is 8.03. The van der Waals surface area contributed by atoms with Gasteiger partial charge in [0.05, 0.1) is 12.1 Å². The van der Waals surface area contributed by atoms with Gasteiger partial charge in [-0.05, 0) is 18.2 Å². The van der Waals surface area contributed by atoms with Gasteiger partial charge >= 0.3 is 0 Å². The van der Waals surface area contributed by atoms with Crippen molar-refractivity contribution in [1.29, 1.82) is 0 Å². The van der Waals surface area contributed by atoms with Crippen molar-refractivity contribution in [2.45, 2.75) is 12.5 Å². The number of aryl methyl sites for hydroxylation is 1. The topological polar surface area (TPSA) is 113 Å². The Bertz CT molecular complexity index is 984. The van der Waals surface area contributed by atoms with Crippen molar-refractivity contribution >= 4 is 17.7 Å². The summed E-state index contributed by atoms with van der Waals surface area (Å²) in [6, 6.07) is 8.96. The highest BCUT2D eigenvalue weighted by atomic mass is 16.2. The zero-order valence-corrected chi connectivity index (χ0v) is 15.6. The number of hydrogen-bond donors (Lipinski definition) is 2. The van der Waals surface area contributed by atoms with Crippen molar-refractivity contribution in [1.82, 2.24) is 25.3 Å². The van der Waals surface area contributed by atoms with Crippen LogP contribution in [0.15, 0.2) is 41.2 Å². The van der Waals surface area contributed by atoms with Gasteiger partial charge in [0.1, 0.15) is 6.04 Å². The Labute approximate surface area is 161 Å². The Balaban J connectivity index is 1.90. The molecule has 2 heterocycles. The monoisotopic (exact) mass is 383 g/mol. The number of nitrogens with zero attached hydrogens (tertiary/aromatic N) is 3. The lowest BCUT2D eigenvalue weighted by Gasteiger charge is -2.34. The second-order valence-electron chi connectivity index (χ2n) is 6.44. The average Bonchev–Trinajstić information content (AvgIpc) is 2.71. The lowest BCUT2D eigenvalue weighted by Crippen LogP contribution is -2.58. The Morgan fingerprint density at radius 1 is 1.25 bits per heavy atom. The maximum atomic E-state index is 13.1. The number of carbonyl (C=O) groups is 3. The summed E-state index contributed by atoms with van der Waals surface area (Å²) in [5, 5.41) is 9.37. The highest BCUT2D eigenvalue weighted by Gasteiger charge is 2.35. The predicted molar refractivity (Wildman–Crippen MR) is 101 cm³/mol. The molecule has 1 aromatic heterocycles. The molecule has 3 amide bonds. The number of piperazine rings is 1. The van der Waals surface area contributed by atoms with E-state index in [1.54, 1.807) is 37.4 Å². The maximum Gasteiger partial charge on any atom is 0.266 e. The van der Waals surface area contributed by atoms with Crippen LogP contribution in [0.25, 0.3) is 11.3 Å². The van der Waals surface area contributed by atoms with Crippen LogP contribution in [0.2, 0.25) is 0 Å². The van der Waals surface area contributed by atoms with Crippen molar-refractivity contribution < 1.29 is 14.4 Å². The number of hydrogen-bond acceptors (Lipinski definition) is 5. The van der Waals surface area contributed by atoms with Crippen molar-refractivity contribution in [3.8, 4) is 11.3 Å². The summed E-state index contributed by atoms with van der Waals surface area (Å²) in [5.74, 6) is -1.00. The van der Waals surface area contributed by atoms with Crippen molar-refractivity contribution in [3.05, 3.63) is 52.3 Å². The summed E-state index contributed by atoms with van der Waals surface area (Å²) < 4.78 is 1.22. The first kappa shape index (κ1) is 19.3. The molecule has 9 nitrogen and oxygen atoms in total. The van der Waals surface area contributed by atoms with Gasteiger partial charge in [-0.3, -0.25) is 19.2 Å². The number of nitrogens with one attached hydrogen (secondary N) is 2. The number of rotatable bonds is 4. The van der Waals surface area contributed by atoms with E-state index in [4.69, 9.17) is 0 Å². The third-order valence-corrected chi connectivity index (χ3v) is 4.62. The van der Waals surface area contributed by atoms with Crippen molar-refractivity contribution in [2.75, 3.05) is 20.1 Å². The first-order chi connectivity index (χ1) is 13.4. The fourth-order valence-electron chi connectivity index (χ4n) is 3.07. The molecule has 1 saturated heterocycles. The zero-order valence-electron chi connectivity index (χ0n) is 15.6. The third-order valence-electron chi connectivity index (χ3n) is 4.62. The standard InChI is InChI=1S/C19H21N5O4/c1-20-16(25)11-15-18(27)21-8-9-24(15)19(28)13-5-3-4-12(10-13)14-6-7-17(26)23(2)22-14/h3-7,10,15H,8-9,11H2,1-2H3,(H,20,25)(H,21,27)/t15-/m0/s1. The van der Waals surface area contributed by atoms with E-state index in [2.05, 4.69) is 15.7 Å². The fraction of sp³-hybridized carbons (Fsp3) is 0.316. The van der Waals surface area contributed by atoms with Crippen LogP contribution >= 0.6 is 0 Å². The molecule has 9 heteroatoms. The smallest absolute Gasteiger partial charge is 0.266 e. The fourth-order valence-corrected chi connectivity index (χ4v) is 3.07. The largest absolute Gasteiger partial charge is 0.359 e. The first-order valence-electron chi connectivity index (χ1n) is 8.85. The molecule has 1 aliphatic rings. The molecule has 0 spiro atoms. The normalized spacial score (nSPS) is 16.4. The first-order valence-corrected chi connectivity index (χ1v) is 8.85. The minimum atomic E-state index is -0.861. The molecule has 28 heavy (non-hydrogen) atoms. The minimum Gasteiger partial charge on any atom is -0.359 e. The molecule has 2 aromatic rings. The molecule has 146 valence electrons. The van der Waals surface area contributed by atoms with Gasteiger partial charge in [-0.2, -0.15) is 5.10 Å². The number of carbonyl (C=O) groups excluding carboxylic acids is 3. The van der Waals surface area contributed by atoms with Gasteiger partial charge in [-0.1, -0.05) is 12.1 Å². The quantitative estimate of drug-likeness (QED) is 0.741. The second-order valence-corrected chi connectivity index (χ2v) is 6.44. The molecule has 1 aliphatic heterocycles. The van der Waals surface area contributed by atoms with E-state index in [0.717, 1.165) is 0 Å². The van der Waals surface area contributed by atoms with Gasteiger partial charge in [0.25, 0.3) is 11.5 Å². The highest BCUT2D eigenvalue weighted by molar-refractivity contribution is 6.00. The van der Waals surface area contributed by atoms with Crippen LogP contribution in [0.1, 0.15) is 16.8 Å². The van der Waals surface area contributed by atoms with Crippen LogP contribution in [0.4, 0.5) is 0 Å². The van der Waals surface area contributed by atoms with Gasteiger partial charge < -0.3 is 15.5 Å². The molecule has 3 rings (SSSR count). The van der Waals surface area contributed by atoms with E-state index in [9.17, 15) is 19.2 Å². The molecule has 0 radical (unpaired) electrons. The molecule has 0 bridgehead atoms. The average molecular weight is 383 g/mol. The number of amides is 3. The highest BCUT2D eigenvalue weighted by Crippen LogP contribution is 2.20. The van der Waals surface area contributed by atoms with E-state index < -0.39 is 6.04 Å².